The molecule has 1 aromatic carbocycles. The number of hydrogen-bond acceptors (Lipinski definition) is 3. The largest absolute Gasteiger partial charge is 0.481 e. The molecule has 1 aromatic rings. The number of carbonyl (C=O) groups is 2. The topological polar surface area (TPSA) is 66.4 Å². The molecule has 1 rings (SSSR count). The first kappa shape index (κ1) is 13.6. The number of rotatable bonds is 6. The smallest absolute Gasteiger partial charge is 0.304 e. The van der Waals surface area contributed by atoms with Gasteiger partial charge in [0.05, 0.1) is 12.3 Å². The Labute approximate surface area is 105 Å². The van der Waals surface area contributed by atoms with Crippen LogP contribution in [0.4, 0.5) is 0 Å². The van der Waals surface area contributed by atoms with E-state index in [1.807, 2.05) is 6.07 Å². The van der Waals surface area contributed by atoms with Crippen LogP contribution < -0.4 is 5.32 Å². The van der Waals surface area contributed by atoms with Crippen molar-refractivity contribution in [2.24, 2.45) is 0 Å². The zero-order valence-corrected chi connectivity index (χ0v) is 10.2. The Morgan fingerprint density at radius 1 is 1.29 bits per heavy atom. The highest BCUT2D eigenvalue weighted by atomic mass is 32.1. The lowest BCUT2D eigenvalue weighted by molar-refractivity contribution is -0.139. The second kappa shape index (κ2) is 6.96. The van der Waals surface area contributed by atoms with Gasteiger partial charge in [0.25, 0.3) is 0 Å². The summed E-state index contributed by atoms with van der Waals surface area (Å²) in [4.78, 5) is 22.6. The van der Waals surface area contributed by atoms with Crippen molar-refractivity contribution in [3.05, 3.63) is 35.9 Å². The van der Waals surface area contributed by atoms with E-state index in [9.17, 15) is 9.59 Å². The normalized spacial score (nSPS) is 11.8. The van der Waals surface area contributed by atoms with Crippen LogP contribution in [-0.4, -0.2) is 29.3 Å². The van der Waals surface area contributed by atoms with Gasteiger partial charge in [-0.1, -0.05) is 30.3 Å². The number of nitrogens with one attached hydrogen (secondary N) is 1. The Morgan fingerprint density at radius 2 is 1.94 bits per heavy atom. The molecule has 0 radical (unpaired) electrons. The number of amides is 1. The summed E-state index contributed by atoms with van der Waals surface area (Å²) in [6.07, 6.45) is -0.206. The number of aliphatic carboxylic acids is 1. The molecule has 0 spiro atoms. The Bertz CT molecular complexity index is 381. The lowest BCUT2D eigenvalue weighted by Crippen LogP contribution is -2.32. The second-order valence-corrected chi connectivity index (χ2v) is 4.02. The molecule has 0 aliphatic rings. The summed E-state index contributed by atoms with van der Waals surface area (Å²) in [6, 6.07) is 8.92. The van der Waals surface area contributed by atoms with Crippen LogP contribution in [0.15, 0.2) is 30.3 Å². The Balaban J connectivity index is 2.80. The highest BCUT2D eigenvalue weighted by Gasteiger charge is 2.22. The number of hydrogen-bond donors (Lipinski definition) is 3. The molecule has 17 heavy (non-hydrogen) atoms. The Hall–Kier alpha value is -1.49. The Kier molecular flexibility index (Phi) is 5.56. The van der Waals surface area contributed by atoms with E-state index >= 15 is 0 Å². The molecule has 92 valence electrons. The quantitative estimate of drug-likeness (QED) is 0.669. The molecular weight excluding hydrogens is 238 g/mol. The predicted octanol–water partition coefficient (Wildman–Crippen LogP) is 1.29. The minimum absolute atomic E-state index is 0.206. The van der Waals surface area contributed by atoms with Crippen LogP contribution in [-0.2, 0) is 9.59 Å². The number of thiol groups is 1. The molecule has 0 heterocycles. The maximum Gasteiger partial charge on any atom is 0.304 e. The molecule has 2 N–H and O–H groups in total. The summed E-state index contributed by atoms with van der Waals surface area (Å²) in [5, 5.41) is 11.5. The van der Waals surface area contributed by atoms with E-state index in [0.717, 1.165) is 0 Å². The van der Waals surface area contributed by atoms with Gasteiger partial charge in [-0.2, -0.15) is 12.6 Å². The van der Waals surface area contributed by atoms with E-state index in [4.69, 9.17) is 5.11 Å². The van der Waals surface area contributed by atoms with Crippen molar-refractivity contribution in [1.82, 2.24) is 5.32 Å². The average molecular weight is 253 g/mol. The van der Waals surface area contributed by atoms with Crippen molar-refractivity contribution < 1.29 is 14.7 Å². The number of carboxylic acid groups (broad SMARTS) is 1. The third-order valence-electron chi connectivity index (χ3n) is 2.31. The van der Waals surface area contributed by atoms with Crippen molar-refractivity contribution in [3.63, 3.8) is 0 Å². The van der Waals surface area contributed by atoms with Crippen LogP contribution in [0.3, 0.4) is 0 Å². The van der Waals surface area contributed by atoms with Crippen molar-refractivity contribution in [3.8, 4) is 0 Å². The minimum atomic E-state index is -0.986. The van der Waals surface area contributed by atoms with Gasteiger partial charge >= 0.3 is 5.97 Å². The Morgan fingerprint density at radius 3 is 2.47 bits per heavy atom. The van der Waals surface area contributed by atoms with Gasteiger partial charge < -0.3 is 10.4 Å². The van der Waals surface area contributed by atoms with E-state index in [0.29, 0.717) is 17.9 Å². The number of carbonyl (C=O) groups excluding carboxylic acids is 1. The molecule has 5 heteroatoms. The first-order chi connectivity index (χ1) is 8.15. The number of benzene rings is 1. The van der Waals surface area contributed by atoms with Gasteiger partial charge in [-0.25, -0.2) is 0 Å². The molecule has 0 aliphatic heterocycles. The van der Waals surface area contributed by atoms with Gasteiger partial charge in [0, 0.05) is 12.3 Å². The predicted molar refractivity (Wildman–Crippen MR) is 68.3 cm³/mol. The summed E-state index contributed by atoms with van der Waals surface area (Å²) in [7, 11) is 0. The minimum Gasteiger partial charge on any atom is -0.481 e. The van der Waals surface area contributed by atoms with Crippen molar-refractivity contribution in [2.75, 3.05) is 12.3 Å². The molecule has 1 amide bonds. The number of carboxylic acids is 1. The third-order valence-corrected chi connectivity index (χ3v) is 2.53. The lowest BCUT2D eigenvalue weighted by atomic mass is 9.95. The van der Waals surface area contributed by atoms with Crippen molar-refractivity contribution in [2.45, 2.75) is 12.3 Å². The molecule has 4 nitrogen and oxygen atoms in total. The van der Waals surface area contributed by atoms with E-state index in [1.54, 1.807) is 24.3 Å². The van der Waals surface area contributed by atoms with Crippen LogP contribution >= 0.6 is 12.6 Å². The fraction of sp³-hybridized carbons (Fsp3) is 0.333. The fourth-order valence-corrected chi connectivity index (χ4v) is 1.64. The van der Waals surface area contributed by atoms with Crippen LogP contribution in [0.25, 0.3) is 0 Å². The lowest BCUT2D eigenvalue weighted by Gasteiger charge is -2.14. The summed E-state index contributed by atoms with van der Waals surface area (Å²) >= 11 is 3.99. The van der Waals surface area contributed by atoms with Gasteiger partial charge in [0.2, 0.25) is 5.91 Å². The van der Waals surface area contributed by atoms with E-state index in [2.05, 4.69) is 17.9 Å². The van der Waals surface area contributed by atoms with Gasteiger partial charge in [-0.15, -0.1) is 0 Å². The van der Waals surface area contributed by atoms with Crippen LogP contribution in [0.1, 0.15) is 17.9 Å². The molecule has 0 fully saturated rings. The van der Waals surface area contributed by atoms with E-state index in [1.165, 1.54) is 0 Å². The SMILES string of the molecule is O=C(O)CC(C(=O)NCCS)c1ccccc1. The summed E-state index contributed by atoms with van der Waals surface area (Å²) in [6.45, 7) is 0.435. The third kappa shape index (κ3) is 4.48. The van der Waals surface area contributed by atoms with Crippen molar-refractivity contribution in [1.29, 1.82) is 0 Å². The second-order valence-electron chi connectivity index (χ2n) is 3.58. The molecule has 0 aliphatic carbocycles. The molecular formula is C12H15NO3S. The van der Waals surface area contributed by atoms with E-state index in [-0.39, 0.29) is 12.3 Å². The molecule has 0 bridgehead atoms. The van der Waals surface area contributed by atoms with Crippen LogP contribution in [0, 0.1) is 0 Å². The molecule has 0 saturated carbocycles. The summed E-state index contributed by atoms with van der Waals surface area (Å²) < 4.78 is 0. The van der Waals surface area contributed by atoms with Crippen LogP contribution in [0.5, 0.6) is 0 Å². The van der Waals surface area contributed by atoms with Gasteiger partial charge in [0.15, 0.2) is 0 Å². The highest BCUT2D eigenvalue weighted by Crippen LogP contribution is 2.19. The standard InChI is InChI=1S/C12H15NO3S/c14-11(15)8-10(12(16)13-6-7-17)9-4-2-1-3-5-9/h1-5,10,17H,6-8H2,(H,13,16)(H,14,15). The molecule has 0 aromatic heterocycles. The average Bonchev–Trinajstić information content (AvgIpc) is 2.34. The maximum atomic E-state index is 11.8. The molecule has 0 saturated heterocycles. The molecule has 1 unspecified atom stereocenters. The fourth-order valence-electron chi connectivity index (χ4n) is 1.52. The molecule has 1 atom stereocenters. The van der Waals surface area contributed by atoms with Crippen molar-refractivity contribution >= 4 is 24.5 Å². The first-order valence-corrected chi connectivity index (χ1v) is 5.93. The van der Waals surface area contributed by atoms with Crippen LogP contribution in [0.2, 0.25) is 0 Å². The monoisotopic (exact) mass is 253 g/mol. The zero-order chi connectivity index (χ0) is 12.7. The first-order valence-electron chi connectivity index (χ1n) is 5.30. The van der Waals surface area contributed by atoms with Gasteiger partial charge in [-0.05, 0) is 5.56 Å². The zero-order valence-electron chi connectivity index (χ0n) is 9.30. The maximum absolute atomic E-state index is 11.8. The summed E-state index contributed by atoms with van der Waals surface area (Å²) in [5.74, 6) is -1.37. The van der Waals surface area contributed by atoms with Gasteiger partial charge in [0.1, 0.15) is 0 Å². The van der Waals surface area contributed by atoms with Gasteiger partial charge in [-0.3, -0.25) is 9.59 Å². The highest BCUT2D eigenvalue weighted by molar-refractivity contribution is 7.80. The van der Waals surface area contributed by atoms with E-state index < -0.39 is 11.9 Å². The summed E-state index contributed by atoms with van der Waals surface area (Å²) in [5.41, 5.74) is 0.714.